The van der Waals surface area contributed by atoms with Crippen LogP contribution in [0.15, 0.2) is 21.8 Å². The molecule has 0 saturated heterocycles. The SMILES string of the molecule is CC1CCCC(N(C)c2ccc(/C(N)=N/O)c(Br)c2F)C1. The Hall–Kier alpha value is -1.30. The highest BCUT2D eigenvalue weighted by Crippen LogP contribution is 2.34. The molecule has 1 saturated carbocycles. The molecule has 0 radical (unpaired) electrons. The van der Waals surface area contributed by atoms with Gasteiger partial charge >= 0.3 is 0 Å². The summed E-state index contributed by atoms with van der Waals surface area (Å²) in [6, 6.07) is 3.71. The van der Waals surface area contributed by atoms with Gasteiger partial charge in [-0.15, -0.1) is 0 Å². The van der Waals surface area contributed by atoms with Crippen molar-refractivity contribution in [3.05, 3.63) is 28.0 Å². The molecular weight excluding hydrogens is 337 g/mol. The first-order valence-electron chi connectivity index (χ1n) is 7.14. The lowest BCUT2D eigenvalue weighted by molar-refractivity contribution is 0.318. The molecule has 0 heterocycles. The first kappa shape index (κ1) is 16.1. The fourth-order valence-corrected chi connectivity index (χ4v) is 3.55. The molecule has 1 aromatic carbocycles. The predicted molar refractivity (Wildman–Crippen MR) is 86.4 cm³/mol. The second-order valence-corrected chi connectivity index (χ2v) is 6.57. The Labute approximate surface area is 132 Å². The van der Waals surface area contributed by atoms with Crippen molar-refractivity contribution in [1.29, 1.82) is 0 Å². The monoisotopic (exact) mass is 357 g/mol. The van der Waals surface area contributed by atoms with E-state index in [1.54, 1.807) is 12.1 Å². The molecule has 0 bridgehead atoms. The van der Waals surface area contributed by atoms with Crippen LogP contribution >= 0.6 is 15.9 Å². The number of rotatable bonds is 3. The van der Waals surface area contributed by atoms with E-state index in [-0.39, 0.29) is 16.1 Å². The molecule has 0 aliphatic heterocycles. The average Bonchev–Trinajstić information content (AvgIpc) is 2.48. The molecule has 1 aliphatic rings. The number of oxime groups is 1. The maximum Gasteiger partial charge on any atom is 0.171 e. The minimum Gasteiger partial charge on any atom is -0.409 e. The quantitative estimate of drug-likeness (QED) is 0.375. The van der Waals surface area contributed by atoms with Crippen molar-refractivity contribution in [3.63, 3.8) is 0 Å². The summed E-state index contributed by atoms with van der Waals surface area (Å²) in [5, 5.41) is 11.6. The molecule has 0 spiro atoms. The third kappa shape index (κ3) is 3.31. The van der Waals surface area contributed by atoms with Crippen LogP contribution in [0.4, 0.5) is 10.1 Å². The summed E-state index contributed by atoms with van der Waals surface area (Å²) in [5.74, 6) is 0.190. The van der Waals surface area contributed by atoms with Crippen LogP contribution in [-0.4, -0.2) is 24.1 Å². The van der Waals surface area contributed by atoms with Gasteiger partial charge in [-0.3, -0.25) is 0 Å². The molecule has 1 fully saturated rings. The van der Waals surface area contributed by atoms with Crippen molar-refractivity contribution >= 4 is 27.5 Å². The van der Waals surface area contributed by atoms with Gasteiger partial charge in [-0.05, 0) is 46.8 Å². The summed E-state index contributed by atoms with van der Waals surface area (Å²) in [6.07, 6.45) is 4.59. The molecule has 1 aromatic rings. The van der Waals surface area contributed by atoms with E-state index in [1.165, 1.54) is 12.8 Å². The van der Waals surface area contributed by atoms with Crippen molar-refractivity contribution in [2.45, 2.75) is 38.6 Å². The van der Waals surface area contributed by atoms with E-state index in [4.69, 9.17) is 10.9 Å². The Kier molecular flexibility index (Phi) is 5.08. The first-order valence-corrected chi connectivity index (χ1v) is 7.93. The average molecular weight is 358 g/mol. The third-order valence-corrected chi connectivity index (χ3v) is 5.06. The van der Waals surface area contributed by atoms with Crippen LogP contribution in [0.2, 0.25) is 0 Å². The Bertz CT molecular complexity index is 550. The lowest BCUT2D eigenvalue weighted by Gasteiger charge is -2.36. The molecule has 2 unspecified atom stereocenters. The molecule has 2 atom stereocenters. The van der Waals surface area contributed by atoms with Gasteiger partial charge in [0.15, 0.2) is 11.7 Å². The van der Waals surface area contributed by atoms with Crippen LogP contribution < -0.4 is 10.6 Å². The molecule has 6 heteroatoms. The fraction of sp³-hybridized carbons (Fsp3) is 0.533. The summed E-state index contributed by atoms with van der Waals surface area (Å²) >= 11 is 3.20. The fourth-order valence-electron chi connectivity index (χ4n) is 3.01. The van der Waals surface area contributed by atoms with Crippen molar-refractivity contribution in [2.24, 2.45) is 16.8 Å². The maximum atomic E-state index is 14.6. The second kappa shape index (κ2) is 6.64. The van der Waals surface area contributed by atoms with Crippen LogP contribution in [0.5, 0.6) is 0 Å². The van der Waals surface area contributed by atoms with Crippen LogP contribution in [0.25, 0.3) is 0 Å². The highest BCUT2D eigenvalue weighted by Gasteiger charge is 2.25. The highest BCUT2D eigenvalue weighted by atomic mass is 79.9. The second-order valence-electron chi connectivity index (χ2n) is 5.78. The van der Waals surface area contributed by atoms with Gasteiger partial charge < -0.3 is 15.8 Å². The largest absolute Gasteiger partial charge is 0.409 e. The van der Waals surface area contributed by atoms with Crippen LogP contribution in [0, 0.1) is 11.7 Å². The van der Waals surface area contributed by atoms with Gasteiger partial charge in [-0.1, -0.05) is 24.9 Å². The van der Waals surface area contributed by atoms with Gasteiger partial charge in [0.25, 0.3) is 0 Å². The van der Waals surface area contributed by atoms with Gasteiger partial charge in [0, 0.05) is 18.7 Å². The molecule has 2 rings (SSSR count). The smallest absolute Gasteiger partial charge is 0.171 e. The van der Waals surface area contributed by atoms with E-state index in [2.05, 4.69) is 28.0 Å². The summed E-state index contributed by atoms with van der Waals surface area (Å²) in [4.78, 5) is 2.01. The summed E-state index contributed by atoms with van der Waals surface area (Å²) in [6.45, 7) is 2.24. The lowest BCUT2D eigenvalue weighted by Crippen LogP contribution is -2.36. The van der Waals surface area contributed by atoms with Crippen LogP contribution in [0.1, 0.15) is 38.2 Å². The van der Waals surface area contributed by atoms with Gasteiger partial charge in [0.05, 0.1) is 10.2 Å². The standard InChI is InChI=1S/C15H21BrFN3O/c1-9-4-3-5-10(8-9)20(2)12-7-6-11(15(18)19-21)13(16)14(12)17/h6-7,9-10,21H,3-5,8H2,1-2H3,(H2,18,19). The number of hydrogen-bond acceptors (Lipinski definition) is 3. The lowest BCUT2D eigenvalue weighted by atomic mass is 9.86. The van der Waals surface area contributed by atoms with E-state index in [1.807, 2.05) is 11.9 Å². The van der Waals surface area contributed by atoms with Gasteiger partial charge in [-0.2, -0.15) is 0 Å². The number of anilines is 1. The van der Waals surface area contributed by atoms with Gasteiger partial charge in [0.2, 0.25) is 0 Å². The van der Waals surface area contributed by atoms with Gasteiger partial charge in [0.1, 0.15) is 0 Å². The van der Waals surface area contributed by atoms with Crippen LogP contribution in [-0.2, 0) is 0 Å². The maximum absolute atomic E-state index is 14.6. The van der Waals surface area contributed by atoms with E-state index < -0.39 is 0 Å². The molecule has 1 aliphatic carbocycles. The van der Waals surface area contributed by atoms with Crippen molar-refractivity contribution in [3.8, 4) is 0 Å². The number of nitrogens with zero attached hydrogens (tertiary/aromatic N) is 2. The van der Waals surface area contributed by atoms with Crippen molar-refractivity contribution in [2.75, 3.05) is 11.9 Å². The third-order valence-electron chi connectivity index (χ3n) is 4.28. The zero-order valence-corrected chi connectivity index (χ0v) is 13.9. The Morgan fingerprint density at radius 1 is 1.48 bits per heavy atom. The topological polar surface area (TPSA) is 61.8 Å². The molecule has 3 N–H and O–H groups in total. The van der Waals surface area contributed by atoms with Crippen LogP contribution in [0.3, 0.4) is 0 Å². The summed E-state index contributed by atoms with van der Waals surface area (Å²) in [7, 11) is 1.93. The predicted octanol–water partition coefficient (Wildman–Crippen LogP) is 3.70. The zero-order chi connectivity index (χ0) is 15.6. The number of halogens is 2. The molecule has 4 nitrogen and oxygen atoms in total. The van der Waals surface area contributed by atoms with E-state index in [0.717, 1.165) is 12.8 Å². The summed E-state index contributed by atoms with van der Waals surface area (Å²) in [5.41, 5.74) is 6.43. The van der Waals surface area contributed by atoms with Gasteiger partial charge in [-0.25, -0.2) is 4.39 Å². The Morgan fingerprint density at radius 3 is 2.81 bits per heavy atom. The molecule has 0 amide bonds. The van der Waals surface area contributed by atoms with E-state index >= 15 is 0 Å². The first-order chi connectivity index (χ1) is 9.95. The normalized spacial score (nSPS) is 23.1. The number of hydrogen-bond donors (Lipinski definition) is 2. The molecule has 21 heavy (non-hydrogen) atoms. The molecule has 116 valence electrons. The highest BCUT2D eigenvalue weighted by molar-refractivity contribution is 9.10. The number of amidine groups is 1. The number of benzene rings is 1. The van der Waals surface area contributed by atoms with Crippen molar-refractivity contribution in [1.82, 2.24) is 0 Å². The summed E-state index contributed by atoms with van der Waals surface area (Å²) < 4.78 is 14.8. The molecular formula is C15H21BrFN3O. The van der Waals surface area contributed by atoms with E-state index in [0.29, 0.717) is 23.2 Å². The minimum atomic E-state index is -0.375. The minimum absolute atomic E-state index is 0.110. The number of nitrogens with two attached hydrogens (primary N) is 1. The van der Waals surface area contributed by atoms with Crippen molar-refractivity contribution < 1.29 is 9.60 Å². The Balaban J connectivity index is 2.30. The zero-order valence-electron chi connectivity index (χ0n) is 12.3. The molecule has 0 aromatic heterocycles. The Morgan fingerprint density at radius 2 is 2.19 bits per heavy atom. The van der Waals surface area contributed by atoms with E-state index in [9.17, 15) is 4.39 Å².